The molecular formula is C11H17N3O3. The van der Waals surface area contributed by atoms with Crippen LogP contribution in [0.3, 0.4) is 0 Å². The zero-order valence-corrected chi connectivity index (χ0v) is 10.3. The average molecular weight is 239 g/mol. The molecular weight excluding hydrogens is 222 g/mol. The summed E-state index contributed by atoms with van der Waals surface area (Å²) in [4.78, 5) is 24.6. The third-order valence-corrected chi connectivity index (χ3v) is 2.27. The van der Waals surface area contributed by atoms with Gasteiger partial charge in [-0.2, -0.15) is 0 Å². The smallest absolute Gasteiger partial charge is 0.245 e. The third-order valence-electron chi connectivity index (χ3n) is 2.27. The molecule has 1 N–H and O–H groups in total. The Balaban J connectivity index is 2.51. The fourth-order valence-electron chi connectivity index (χ4n) is 1.38. The lowest BCUT2D eigenvalue weighted by Gasteiger charge is -2.18. The molecule has 0 bridgehead atoms. The van der Waals surface area contributed by atoms with Crippen molar-refractivity contribution >= 4 is 17.6 Å². The van der Waals surface area contributed by atoms with Crippen LogP contribution in [0.4, 0.5) is 5.82 Å². The summed E-state index contributed by atoms with van der Waals surface area (Å²) in [7, 11) is 0. The Bertz CT molecular complexity index is 400. The number of anilines is 1. The number of hydrogen-bond acceptors (Lipinski definition) is 4. The average Bonchev–Trinajstić information content (AvgIpc) is 2.70. The number of aromatic nitrogens is 1. The second kappa shape index (κ2) is 6.03. The van der Waals surface area contributed by atoms with Gasteiger partial charge in [0.05, 0.1) is 6.54 Å². The van der Waals surface area contributed by atoms with Crippen LogP contribution in [0, 0.1) is 6.92 Å². The van der Waals surface area contributed by atoms with E-state index >= 15 is 0 Å². The van der Waals surface area contributed by atoms with Crippen molar-refractivity contribution in [2.75, 3.05) is 18.4 Å². The molecule has 0 aliphatic rings. The van der Waals surface area contributed by atoms with Crippen LogP contribution in [0.2, 0.25) is 0 Å². The van der Waals surface area contributed by atoms with Crippen LogP contribution >= 0.6 is 0 Å². The van der Waals surface area contributed by atoms with Gasteiger partial charge in [-0.15, -0.1) is 0 Å². The van der Waals surface area contributed by atoms with E-state index in [1.54, 1.807) is 19.9 Å². The van der Waals surface area contributed by atoms with Crippen molar-refractivity contribution in [3.05, 3.63) is 11.8 Å². The molecule has 17 heavy (non-hydrogen) atoms. The van der Waals surface area contributed by atoms with Gasteiger partial charge in [-0.05, 0) is 13.8 Å². The summed E-state index contributed by atoms with van der Waals surface area (Å²) < 4.78 is 4.82. The molecule has 0 saturated heterocycles. The van der Waals surface area contributed by atoms with E-state index in [0.717, 1.165) is 0 Å². The van der Waals surface area contributed by atoms with Crippen LogP contribution in [0.1, 0.15) is 26.0 Å². The largest absolute Gasteiger partial charge is 0.360 e. The van der Waals surface area contributed by atoms with Gasteiger partial charge in [-0.25, -0.2) is 0 Å². The second-order valence-corrected chi connectivity index (χ2v) is 3.63. The van der Waals surface area contributed by atoms with E-state index < -0.39 is 0 Å². The first-order valence-corrected chi connectivity index (χ1v) is 5.57. The fraction of sp³-hybridized carbons (Fsp3) is 0.545. The van der Waals surface area contributed by atoms with Crippen LogP contribution in [0.5, 0.6) is 0 Å². The van der Waals surface area contributed by atoms with Gasteiger partial charge in [0.15, 0.2) is 5.82 Å². The lowest BCUT2D eigenvalue weighted by Crippen LogP contribution is -2.37. The molecule has 0 atom stereocenters. The second-order valence-electron chi connectivity index (χ2n) is 3.63. The standard InChI is InChI=1S/C11H17N3O3/c1-4-11(16)14(5-2)7-10(15)12-9-6-8(3)17-13-9/h6H,4-5,7H2,1-3H3,(H,12,13,15). The maximum absolute atomic E-state index is 11.6. The summed E-state index contributed by atoms with van der Waals surface area (Å²) in [5.41, 5.74) is 0. The quantitative estimate of drug-likeness (QED) is 0.837. The first kappa shape index (κ1) is 13.2. The van der Waals surface area contributed by atoms with E-state index in [1.807, 2.05) is 6.92 Å². The molecule has 2 amide bonds. The Hall–Kier alpha value is -1.85. The molecule has 6 nitrogen and oxygen atoms in total. The molecule has 0 aromatic carbocycles. The van der Waals surface area contributed by atoms with E-state index in [-0.39, 0.29) is 18.4 Å². The molecule has 1 aromatic rings. The minimum absolute atomic E-state index is 0.0368. The van der Waals surface area contributed by atoms with Crippen molar-refractivity contribution in [2.24, 2.45) is 0 Å². The van der Waals surface area contributed by atoms with E-state index in [0.29, 0.717) is 24.5 Å². The van der Waals surface area contributed by atoms with Gasteiger partial charge in [0.25, 0.3) is 0 Å². The monoisotopic (exact) mass is 239 g/mol. The normalized spacial score (nSPS) is 10.1. The highest BCUT2D eigenvalue weighted by atomic mass is 16.5. The van der Waals surface area contributed by atoms with Crippen LogP contribution in [-0.2, 0) is 9.59 Å². The lowest BCUT2D eigenvalue weighted by molar-refractivity contribution is -0.134. The highest BCUT2D eigenvalue weighted by Crippen LogP contribution is 2.06. The van der Waals surface area contributed by atoms with E-state index in [9.17, 15) is 9.59 Å². The maximum Gasteiger partial charge on any atom is 0.245 e. The van der Waals surface area contributed by atoms with Crippen LogP contribution in [0.25, 0.3) is 0 Å². The highest BCUT2D eigenvalue weighted by molar-refractivity contribution is 5.93. The van der Waals surface area contributed by atoms with Crippen molar-refractivity contribution < 1.29 is 14.1 Å². The zero-order valence-electron chi connectivity index (χ0n) is 10.3. The van der Waals surface area contributed by atoms with Gasteiger partial charge in [0.1, 0.15) is 5.76 Å². The predicted molar refractivity (Wildman–Crippen MR) is 62.4 cm³/mol. The number of amides is 2. The van der Waals surface area contributed by atoms with Crippen molar-refractivity contribution in [1.82, 2.24) is 10.1 Å². The molecule has 0 spiro atoms. The summed E-state index contributed by atoms with van der Waals surface area (Å²) in [6, 6.07) is 1.62. The number of carbonyl (C=O) groups is 2. The molecule has 94 valence electrons. The van der Waals surface area contributed by atoms with E-state index in [1.165, 1.54) is 4.90 Å². The Kier molecular flexibility index (Phi) is 4.68. The SMILES string of the molecule is CCC(=O)N(CC)CC(=O)Nc1cc(C)on1. The van der Waals surface area contributed by atoms with Gasteiger partial charge in [0, 0.05) is 19.0 Å². The minimum Gasteiger partial charge on any atom is -0.360 e. The number of hydrogen-bond donors (Lipinski definition) is 1. The summed E-state index contributed by atoms with van der Waals surface area (Å²) >= 11 is 0. The lowest BCUT2D eigenvalue weighted by atomic mass is 10.3. The van der Waals surface area contributed by atoms with E-state index in [2.05, 4.69) is 10.5 Å². The predicted octanol–water partition coefficient (Wildman–Crippen LogP) is 1.18. The van der Waals surface area contributed by atoms with Crippen molar-refractivity contribution in [2.45, 2.75) is 27.2 Å². The van der Waals surface area contributed by atoms with Crippen LogP contribution < -0.4 is 5.32 Å². The number of likely N-dealkylation sites (N-methyl/N-ethyl adjacent to an activating group) is 1. The maximum atomic E-state index is 11.6. The number of carbonyl (C=O) groups excluding carboxylic acids is 2. The number of nitrogens with one attached hydrogen (secondary N) is 1. The summed E-state index contributed by atoms with van der Waals surface area (Å²) in [5.74, 6) is 0.672. The Morgan fingerprint density at radius 2 is 2.18 bits per heavy atom. The van der Waals surface area contributed by atoms with Gasteiger partial charge < -0.3 is 14.7 Å². The molecule has 0 unspecified atom stereocenters. The van der Waals surface area contributed by atoms with E-state index in [4.69, 9.17) is 4.52 Å². The number of rotatable bonds is 5. The third kappa shape index (κ3) is 3.90. The van der Waals surface area contributed by atoms with Crippen LogP contribution in [-0.4, -0.2) is 35.0 Å². The van der Waals surface area contributed by atoms with Crippen molar-refractivity contribution in [3.63, 3.8) is 0 Å². The molecule has 1 rings (SSSR count). The minimum atomic E-state index is -0.276. The molecule has 1 heterocycles. The molecule has 1 aromatic heterocycles. The first-order chi connectivity index (χ1) is 8.06. The summed E-state index contributed by atoms with van der Waals surface area (Å²) in [6.07, 6.45) is 0.393. The highest BCUT2D eigenvalue weighted by Gasteiger charge is 2.14. The molecule has 0 radical (unpaired) electrons. The first-order valence-electron chi connectivity index (χ1n) is 5.57. The molecule has 0 aliphatic heterocycles. The van der Waals surface area contributed by atoms with Gasteiger partial charge >= 0.3 is 0 Å². The Morgan fingerprint density at radius 3 is 2.65 bits per heavy atom. The van der Waals surface area contributed by atoms with Crippen LogP contribution in [0.15, 0.2) is 10.6 Å². The Labute approximate surface area is 99.9 Å². The molecule has 0 aliphatic carbocycles. The zero-order chi connectivity index (χ0) is 12.8. The number of nitrogens with zero attached hydrogens (tertiary/aromatic N) is 2. The Morgan fingerprint density at radius 1 is 1.47 bits per heavy atom. The molecule has 0 saturated carbocycles. The van der Waals surface area contributed by atoms with Gasteiger partial charge in [-0.1, -0.05) is 12.1 Å². The molecule has 0 fully saturated rings. The fourth-order valence-corrected chi connectivity index (χ4v) is 1.38. The van der Waals surface area contributed by atoms with Crippen molar-refractivity contribution in [1.29, 1.82) is 0 Å². The number of aryl methyl sites for hydroxylation is 1. The van der Waals surface area contributed by atoms with Crippen molar-refractivity contribution in [3.8, 4) is 0 Å². The summed E-state index contributed by atoms with van der Waals surface area (Å²) in [5, 5.41) is 6.21. The topological polar surface area (TPSA) is 75.4 Å². The van der Waals surface area contributed by atoms with Gasteiger partial charge in [0.2, 0.25) is 11.8 Å². The summed E-state index contributed by atoms with van der Waals surface area (Å²) in [6.45, 7) is 5.89. The van der Waals surface area contributed by atoms with Gasteiger partial charge in [-0.3, -0.25) is 9.59 Å². The molecule has 6 heteroatoms.